The summed E-state index contributed by atoms with van der Waals surface area (Å²) in [7, 11) is 1.89. The molecule has 39 heavy (non-hydrogen) atoms. The minimum absolute atomic E-state index is 0.0668. The number of nitrogens with zero attached hydrogens (tertiary/aromatic N) is 2. The van der Waals surface area contributed by atoms with Crippen LogP contribution in [0, 0.1) is 18.8 Å². The SMILES string of the molecule is CCC1CCC2(CC1)N=C(c1ccc(C)cc1)C(=O)C2CCc1ccc(C(=O)N(C)CCC(C)=C2CC2)cc1. The van der Waals surface area contributed by atoms with E-state index in [2.05, 4.69) is 57.2 Å². The lowest BCUT2D eigenvalue weighted by atomic mass is 9.68. The van der Waals surface area contributed by atoms with Gasteiger partial charge in [0.15, 0.2) is 5.78 Å². The van der Waals surface area contributed by atoms with Crippen molar-refractivity contribution in [3.63, 3.8) is 0 Å². The number of hydrogen-bond acceptors (Lipinski definition) is 3. The van der Waals surface area contributed by atoms with Crippen LogP contribution in [0.2, 0.25) is 0 Å². The Morgan fingerprint density at radius 2 is 1.69 bits per heavy atom. The Hall–Kier alpha value is -3.01. The fourth-order valence-corrected chi connectivity index (χ4v) is 6.58. The number of ketones is 1. The van der Waals surface area contributed by atoms with Crippen molar-refractivity contribution in [1.82, 2.24) is 4.90 Å². The minimum atomic E-state index is -0.254. The Morgan fingerprint density at radius 1 is 1.03 bits per heavy atom. The van der Waals surface area contributed by atoms with Crippen molar-refractivity contribution in [2.24, 2.45) is 16.8 Å². The first-order valence-electron chi connectivity index (χ1n) is 15.0. The largest absolute Gasteiger partial charge is 0.341 e. The molecule has 0 aromatic heterocycles. The van der Waals surface area contributed by atoms with Gasteiger partial charge >= 0.3 is 0 Å². The molecule has 3 aliphatic rings. The van der Waals surface area contributed by atoms with Crippen molar-refractivity contribution < 1.29 is 9.59 Å². The summed E-state index contributed by atoms with van der Waals surface area (Å²) in [5.74, 6) is 0.980. The molecule has 1 amide bonds. The predicted octanol–water partition coefficient (Wildman–Crippen LogP) is 7.53. The van der Waals surface area contributed by atoms with Gasteiger partial charge in [-0.1, -0.05) is 66.5 Å². The molecule has 0 radical (unpaired) electrons. The number of Topliss-reactive ketones (excluding diaryl/α,β-unsaturated/α-hetero) is 1. The molecule has 1 spiro atoms. The highest BCUT2D eigenvalue weighted by Gasteiger charge is 2.50. The van der Waals surface area contributed by atoms with Crippen LogP contribution in [-0.2, 0) is 11.2 Å². The van der Waals surface area contributed by atoms with Gasteiger partial charge in [-0.25, -0.2) is 0 Å². The Labute approximate surface area is 234 Å². The zero-order valence-corrected chi connectivity index (χ0v) is 24.3. The number of carbonyl (C=O) groups is 2. The van der Waals surface area contributed by atoms with Gasteiger partial charge in [-0.2, -0.15) is 0 Å². The summed E-state index contributed by atoms with van der Waals surface area (Å²) >= 11 is 0. The summed E-state index contributed by atoms with van der Waals surface area (Å²) in [6, 6.07) is 16.3. The van der Waals surface area contributed by atoms with E-state index in [1.165, 1.54) is 36.0 Å². The molecule has 2 aliphatic carbocycles. The lowest BCUT2D eigenvalue weighted by Crippen LogP contribution is -2.40. The monoisotopic (exact) mass is 524 g/mol. The minimum Gasteiger partial charge on any atom is -0.341 e. The van der Waals surface area contributed by atoms with Gasteiger partial charge in [-0.05, 0) is 95.2 Å². The molecule has 1 heterocycles. The summed E-state index contributed by atoms with van der Waals surface area (Å²) < 4.78 is 0. The molecule has 206 valence electrons. The molecule has 1 atom stereocenters. The van der Waals surface area contributed by atoms with Crippen molar-refractivity contribution in [2.45, 2.75) is 90.5 Å². The third kappa shape index (κ3) is 6.10. The summed E-state index contributed by atoms with van der Waals surface area (Å²) in [6.45, 7) is 7.30. The van der Waals surface area contributed by atoms with E-state index in [-0.39, 0.29) is 23.1 Å². The highest BCUT2D eigenvalue weighted by atomic mass is 16.2. The number of carbonyl (C=O) groups excluding carboxylic acids is 2. The van der Waals surface area contributed by atoms with Crippen LogP contribution in [0.3, 0.4) is 0 Å². The molecular weight excluding hydrogens is 480 g/mol. The molecule has 0 saturated heterocycles. The molecule has 2 aromatic rings. The van der Waals surface area contributed by atoms with Gasteiger partial charge in [-0.3, -0.25) is 14.6 Å². The highest BCUT2D eigenvalue weighted by molar-refractivity contribution is 6.48. The molecule has 5 rings (SSSR count). The van der Waals surface area contributed by atoms with Crippen LogP contribution in [0.5, 0.6) is 0 Å². The summed E-state index contributed by atoms with van der Waals surface area (Å²) in [5, 5.41) is 0. The Kier molecular flexibility index (Phi) is 8.21. The van der Waals surface area contributed by atoms with E-state index in [0.29, 0.717) is 5.71 Å². The number of allylic oxidation sites excluding steroid dienone is 1. The maximum absolute atomic E-state index is 13.8. The van der Waals surface area contributed by atoms with E-state index < -0.39 is 0 Å². The molecule has 4 heteroatoms. The van der Waals surface area contributed by atoms with Gasteiger partial charge in [0.25, 0.3) is 5.91 Å². The molecule has 2 fully saturated rings. The molecule has 2 saturated carbocycles. The number of hydrogen-bond donors (Lipinski definition) is 0. The summed E-state index contributed by atoms with van der Waals surface area (Å²) in [4.78, 5) is 33.9. The smallest absolute Gasteiger partial charge is 0.253 e. The fraction of sp³-hybridized carbons (Fsp3) is 0.514. The second-order valence-electron chi connectivity index (χ2n) is 12.3. The van der Waals surface area contributed by atoms with Gasteiger partial charge in [0, 0.05) is 30.6 Å². The molecule has 1 unspecified atom stereocenters. The first-order valence-corrected chi connectivity index (χ1v) is 15.0. The quantitative estimate of drug-likeness (QED) is 0.318. The Morgan fingerprint density at radius 3 is 2.31 bits per heavy atom. The van der Waals surface area contributed by atoms with Crippen molar-refractivity contribution in [2.75, 3.05) is 13.6 Å². The second kappa shape index (κ2) is 11.6. The average Bonchev–Trinajstić information content (AvgIpc) is 3.78. The standard InChI is InChI=1S/C35H44N2O2/c1-5-26-18-21-35(22-19-26)31(33(38)32(36-35)29-11-6-24(2)7-12-29)17-10-27-8-13-30(14-9-27)34(39)37(4)23-20-25(3)28-15-16-28/h6-9,11-14,26,31H,5,10,15-23H2,1-4H3. The van der Waals surface area contributed by atoms with Crippen LogP contribution in [0.1, 0.15) is 98.7 Å². The van der Waals surface area contributed by atoms with E-state index in [9.17, 15) is 9.59 Å². The number of aryl methyl sites for hydroxylation is 2. The van der Waals surface area contributed by atoms with Gasteiger partial charge in [0.1, 0.15) is 5.71 Å². The van der Waals surface area contributed by atoms with Crippen LogP contribution in [0.4, 0.5) is 0 Å². The zero-order valence-electron chi connectivity index (χ0n) is 24.3. The molecule has 4 nitrogen and oxygen atoms in total. The zero-order chi connectivity index (χ0) is 27.6. The van der Waals surface area contributed by atoms with E-state index in [0.717, 1.165) is 68.5 Å². The Bertz CT molecular complexity index is 1250. The van der Waals surface area contributed by atoms with Gasteiger partial charge in [0.2, 0.25) is 0 Å². The molecular formula is C35H44N2O2. The van der Waals surface area contributed by atoms with Crippen LogP contribution in [0.25, 0.3) is 0 Å². The van der Waals surface area contributed by atoms with E-state index in [1.54, 1.807) is 5.57 Å². The van der Waals surface area contributed by atoms with E-state index >= 15 is 0 Å². The Balaban J connectivity index is 1.25. The lowest BCUT2D eigenvalue weighted by molar-refractivity contribution is -0.117. The van der Waals surface area contributed by atoms with Crippen molar-refractivity contribution in [3.05, 3.63) is 81.9 Å². The molecule has 2 aromatic carbocycles. The molecule has 0 bridgehead atoms. The fourth-order valence-electron chi connectivity index (χ4n) is 6.58. The first kappa shape index (κ1) is 27.6. The second-order valence-corrected chi connectivity index (χ2v) is 12.3. The van der Waals surface area contributed by atoms with E-state index in [4.69, 9.17) is 4.99 Å². The third-order valence-corrected chi connectivity index (χ3v) is 9.60. The number of rotatable bonds is 9. The maximum Gasteiger partial charge on any atom is 0.253 e. The van der Waals surface area contributed by atoms with Crippen LogP contribution in [-0.4, -0.2) is 41.4 Å². The number of amides is 1. The average molecular weight is 525 g/mol. The van der Waals surface area contributed by atoms with Crippen LogP contribution >= 0.6 is 0 Å². The normalized spacial score (nSPS) is 24.2. The number of aliphatic imine (C=N–C) groups is 1. The highest BCUT2D eigenvalue weighted by Crippen LogP contribution is 2.47. The third-order valence-electron chi connectivity index (χ3n) is 9.60. The van der Waals surface area contributed by atoms with Gasteiger partial charge in [-0.15, -0.1) is 0 Å². The first-order chi connectivity index (χ1) is 18.8. The lowest BCUT2D eigenvalue weighted by Gasteiger charge is -2.38. The summed E-state index contributed by atoms with van der Waals surface area (Å²) in [5.41, 5.74) is 7.51. The van der Waals surface area contributed by atoms with Crippen LogP contribution < -0.4 is 0 Å². The van der Waals surface area contributed by atoms with Crippen molar-refractivity contribution in [1.29, 1.82) is 0 Å². The predicted molar refractivity (Wildman–Crippen MR) is 159 cm³/mol. The van der Waals surface area contributed by atoms with Gasteiger partial charge in [0.05, 0.1) is 5.54 Å². The van der Waals surface area contributed by atoms with Gasteiger partial charge < -0.3 is 4.90 Å². The maximum atomic E-state index is 13.8. The summed E-state index contributed by atoms with van der Waals surface area (Å²) in [6.07, 6.45) is 10.6. The molecule has 1 aliphatic heterocycles. The van der Waals surface area contributed by atoms with Crippen molar-refractivity contribution >= 4 is 17.4 Å². The number of benzene rings is 2. The topological polar surface area (TPSA) is 49.7 Å². The van der Waals surface area contributed by atoms with Crippen molar-refractivity contribution in [3.8, 4) is 0 Å². The molecule has 0 N–H and O–H groups in total. The van der Waals surface area contributed by atoms with Crippen LogP contribution in [0.15, 0.2) is 64.7 Å². The van der Waals surface area contributed by atoms with E-state index in [1.807, 2.05) is 24.1 Å².